The molecule has 0 amide bonds. The van der Waals surface area contributed by atoms with E-state index in [1.807, 2.05) is 0 Å². The summed E-state index contributed by atoms with van der Waals surface area (Å²) in [6.45, 7) is 0. The third-order valence-corrected chi connectivity index (χ3v) is 2.84. The lowest BCUT2D eigenvalue weighted by atomic mass is 10.5. The van der Waals surface area contributed by atoms with Crippen LogP contribution in [-0.2, 0) is 0 Å². The minimum absolute atomic E-state index is 0.173. The van der Waals surface area contributed by atoms with Crippen LogP contribution in [0.25, 0.3) is 0 Å². The molecule has 1 rings (SSSR count). The molecule has 1 heterocycles. The van der Waals surface area contributed by atoms with Crippen LogP contribution in [0.3, 0.4) is 0 Å². The molecule has 0 nitrogen and oxygen atoms in total. The van der Waals surface area contributed by atoms with Crippen LogP contribution in [0.5, 0.6) is 0 Å². The summed E-state index contributed by atoms with van der Waals surface area (Å²) < 4.78 is 0. The number of rotatable bonds is 0. The second-order valence-electron chi connectivity index (χ2n) is 1.30. The van der Waals surface area contributed by atoms with Gasteiger partial charge in [-0.15, -0.1) is 0 Å². The van der Waals surface area contributed by atoms with Crippen LogP contribution in [0.4, 0.5) is 0 Å². The van der Waals surface area contributed by atoms with E-state index in [1.165, 1.54) is 12.6 Å². The minimum Gasteiger partial charge on any atom is -0.0918 e. The molecule has 1 aliphatic heterocycles. The van der Waals surface area contributed by atoms with Gasteiger partial charge in [0.25, 0.3) is 0 Å². The Morgan fingerprint density at radius 2 is 2.50 bits per heavy atom. The average molecular weight is 121 g/mol. The van der Waals surface area contributed by atoms with E-state index in [9.17, 15) is 0 Å². The highest BCUT2D eigenvalue weighted by Crippen LogP contribution is 2.47. The van der Waals surface area contributed by atoms with Gasteiger partial charge >= 0.3 is 0 Å². The zero-order chi connectivity index (χ0) is 4.41. The summed E-state index contributed by atoms with van der Waals surface area (Å²) >= 11 is 5.69. The molecule has 1 atom stereocenters. The van der Waals surface area contributed by atoms with Gasteiger partial charge in [0.2, 0.25) is 0 Å². The first kappa shape index (κ1) is 4.61. The molecule has 1 aliphatic rings. The van der Waals surface area contributed by atoms with Gasteiger partial charge < -0.3 is 0 Å². The highest BCUT2D eigenvalue weighted by Gasteiger charge is 2.01. The van der Waals surface area contributed by atoms with Gasteiger partial charge in [-0.2, -0.15) is 0 Å². The van der Waals surface area contributed by atoms with E-state index in [4.69, 9.17) is 11.2 Å². The fourth-order valence-electron chi connectivity index (χ4n) is 0.461. The largest absolute Gasteiger partial charge is 0.0918 e. The van der Waals surface area contributed by atoms with Crippen molar-refractivity contribution in [1.29, 1.82) is 0 Å². The van der Waals surface area contributed by atoms with Crippen molar-refractivity contribution in [2.45, 2.75) is 6.42 Å². The van der Waals surface area contributed by atoms with E-state index in [-0.39, 0.29) is 7.27 Å². The third kappa shape index (κ3) is 0.959. The molecule has 0 saturated carbocycles. The van der Waals surface area contributed by atoms with E-state index in [0.717, 1.165) is 0 Å². The SMILES string of the molecule is ClP1C=CCC1. The quantitative estimate of drug-likeness (QED) is 0.431. The van der Waals surface area contributed by atoms with Crippen LogP contribution in [0.2, 0.25) is 0 Å². The Hall–Kier alpha value is 0.460. The molecule has 0 saturated heterocycles. The zero-order valence-corrected chi connectivity index (χ0v) is 5.04. The lowest BCUT2D eigenvalue weighted by Gasteiger charge is -1.86. The molecule has 0 N–H and O–H groups in total. The summed E-state index contributed by atoms with van der Waals surface area (Å²) in [6.07, 6.45) is 4.56. The molecule has 0 aromatic carbocycles. The second-order valence-corrected chi connectivity index (χ2v) is 4.14. The predicted octanol–water partition coefficient (Wildman–Crippen LogP) is 2.54. The normalized spacial score (nSPS) is 31.8. The molecule has 0 fully saturated rings. The van der Waals surface area contributed by atoms with E-state index >= 15 is 0 Å². The Kier molecular flexibility index (Phi) is 1.50. The van der Waals surface area contributed by atoms with Gasteiger partial charge in [0.15, 0.2) is 0 Å². The molecule has 2 heteroatoms. The van der Waals surface area contributed by atoms with Crippen molar-refractivity contribution in [3.8, 4) is 0 Å². The first-order valence-electron chi connectivity index (χ1n) is 1.99. The maximum absolute atomic E-state index is 5.69. The summed E-state index contributed by atoms with van der Waals surface area (Å²) in [5, 5.41) is 0. The molecule has 0 bridgehead atoms. The van der Waals surface area contributed by atoms with Gasteiger partial charge in [-0.25, -0.2) is 0 Å². The van der Waals surface area contributed by atoms with Crippen molar-refractivity contribution in [3.05, 3.63) is 11.9 Å². The van der Waals surface area contributed by atoms with Crippen LogP contribution in [0, 0.1) is 0 Å². The van der Waals surface area contributed by atoms with E-state index in [1.54, 1.807) is 0 Å². The topological polar surface area (TPSA) is 0 Å². The fourth-order valence-corrected chi connectivity index (χ4v) is 1.92. The second kappa shape index (κ2) is 1.95. The number of halogens is 1. The lowest BCUT2D eigenvalue weighted by Crippen LogP contribution is -1.59. The Bertz CT molecular complexity index is 69.9. The molecular weight excluding hydrogens is 114 g/mol. The Morgan fingerprint density at radius 3 is 2.67 bits per heavy atom. The maximum Gasteiger partial charge on any atom is 0.0138 e. The van der Waals surface area contributed by atoms with E-state index in [2.05, 4.69) is 11.9 Å². The molecule has 0 radical (unpaired) electrons. The van der Waals surface area contributed by atoms with Crippen LogP contribution in [-0.4, -0.2) is 6.16 Å². The van der Waals surface area contributed by atoms with Gasteiger partial charge in [-0.05, 0) is 18.4 Å². The maximum atomic E-state index is 5.69. The van der Waals surface area contributed by atoms with Gasteiger partial charge in [-0.3, -0.25) is 0 Å². The van der Waals surface area contributed by atoms with Crippen molar-refractivity contribution in [3.63, 3.8) is 0 Å². The van der Waals surface area contributed by atoms with Gasteiger partial charge in [0, 0.05) is 7.27 Å². The molecule has 6 heavy (non-hydrogen) atoms. The molecule has 1 unspecified atom stereocenters. The minimum atomic E-state index is -0.173. The van der Waals surface area contributed by atoms with Gasteiger partial charge in [0.1, 0.15) is 0 Å². The summed E-state index contributed by atoms with van der Waals surface area (Å²) in [5.74, 6) is 2.11. The molecule has 0 spiro atoms. The molecule has 34 valence electrons. The molecule has 0 aliphatic carbocycles. The van der Waals surface area contributed by atoms with Crippen molar-refractivity contribution in [2.75, 3.05) is 6.16 Å². The fraction of sp³-hybridized carbons (Fsp3) is 0.500. The standard InChI is InChI=1S/C4H6ClP/c5-6-3-1-2-4-6/h1,3H,2,4H2. The summed E-state index contributed by atoms with van der Waals surface area (Å²) in [5.41, 5.74) is 0. The van der Waals surface area contributed by atoms with E-state index < -0.39 is 0 Å². The summed E-state index contributed by atoms with van der Waals surface area (Å²) in [6, 6.07) is 0. The van der Waals surface area contributed by atoms with E-state index in [0.29, 0.717) is 0 Å². The Labute approximate surface area is 43.7 Å². The molecule has 0 aromatic rings. The van der Waals surface area contributed by atoms with Gasteiger partial charge in [-0.1, -0.05) is 17.3 Å². The van der Waals surface area contributed by atoms with Crippen molar-refractivity contribution in [2.24, 2.45) is 0 Å². The lowest BCUT2D eigenvalue weighted by molar-refractivity contribution is 1.27. The monoisotopic (exact) mass is 120 g/mol. The molecular formula is C4H6ClP. The summed E-state index contributed by atoms with van der Waals surface area (Å²) in [4.78, 5) is 0. The zero-order valence-electron chi connectivity index (χ0n) is 3.39. The van der Waals surface area contributed by atoms with Crippen LogP contribution in [0.15, 0.2) is 11.9 Å². The number of allylic oxidation sites excluding steroid dienone is 1. The first-order valence-corrected chi connectivity index (χ1v) is 4.49. The molecule has 0 aromatic heterocycles. The smallest absolute Gasteiger partial charge is 0.0138 e. The van der Waals surface area contributed by atoms with Crippen LogP contribution >= 0.6 is 18.5 Å². The number of hydrogen-bond donors (Lipinski definition) is 0. The average Bonchev–Trinajstić information content (AvgIpc) is 1.86. The summed E-state index contributed by atoms with van der Waals surface area (Å²) in [7, 11) is -0.173. The van der Waals surface area contributed by atoms with Crippen molar-refractivity contribution >= 4 is 18.5 Å². The van der Waals surface area contributed by atoms with Crippen molar-refractivity contribution < 1.29 is 0 Å². The Morgan fingerprint density at radius 1 is 1.67 bits per heavy atom. The van der Waals surface area contributed by atoms with Crippen LogP contribution < -0.4 is 0 Å². The van der Waals surface area contributed by atoms with Gasteiger partial charge in [0.05, 0.1) is 0 Å². The highest BCUT2D eigenvalue weighted by molar-refractivity contribution is 7.86. The highest BCUT2D eigenvalue weighted by atomic mass is 35.7. The Balaban J connectivity index is 2.38. The van der Waals surface area contributed by atoms with Crippen LogP contribution in [0.1, 0.15) is 6.42 Å². The van der Waals surface area contributed by atoms with Crippen molar-refractivity contribution in [1.82, 2.24) is 0 Å². The third-order valence-electron chi connectivity index (χ3n) is 0.777. The predicted molar refractivity (Wildman–Crippen MR) is 31.4 cm³/mol. The number of hydrogen-bond acceptors (Lipinski definition) is 0. The first-order chi connectivity index (χ1) is 2.89.